The molecule has 0 spiro atoms. The average Bonchev–Trinajstić information content (AvgIpc) is 3.14. The number of carboxylic acids is 1. The van der Waals surface area contributed by atoms with Crippen molar-refractivity contribution in [3.8, 4) is 17.0 Å². The highest BCUT2D eigenvalue weighted by molar-refractivity contribution is 5.98. The maximum atomic E-state index is 11.8. The molecule has 1 aliphatic heterocycles. The Bertz CT molecular complexity index is 1150. The van der Waals surface area contributed by atoms with Gasteiger partial charge < -0.3 is 24.5 Å². The highest BCUT2D eigenvalue weighted by atomic mass is 16.5. The van der Waals surface area contributed by atoms with E-state index in [1.807, 2.05) is 24.3 Å². The Hall–Kier alpha value is -2.83. The van der Waals surface area contributed by atoms with E-state index in [1.54, 1.807) is 13.2 Å². The number of ether oxygens (including phenoxy) is 2. The molecular weight excluding hydrogens is 416 g/mol. The molecule has 0 amide bonds. The van der Waals surface area contributed by atoms with Crippen molar-refractivity contribution in [2.24, 2.45) is 0 Å². The van der Waals surface area contributed by atoms with E-state index in [2.05, 4.69) is 22.0 Å². The number of nitrogens with one attached hydrogen (secondary N) is 1. The number of methoxy groups -OCH3 is 1. The van der Waals surface area contributed by atoms with Crippen LogP contribution < -0.4 is 10.1 Å². The summed E-state index contributed by atoms with van der Waals surface area (Å²) in [5.41, 5.74) is 4.97. The number of rotatable bonds is 6. The van der Waals surface area contributed by atoms with E-state index in [9.17, 15) is 9.90 Å². The lowest BCUT2D eigenvalue weighted by Gasteiger charge is -2.28. The molecule has 174 valence electrons. The predicted octanol–water partition coefficient (Wildman–Crippen LogP) is 5.05. The van der Waals surface area contributed by atoms with Crippen molar-refractivity contribution in [2.45, 2.75) is 50.6 Å². The zero-order chi connectivity index (χ0) is 22.8. The lowest BCUT2D eigenvalue weighted by atomic mass is 9.81. The number of carboxylic acid groups (broad SMARTS) is 1. The molecule has 0 bridgehead atoms. The Morgan fingerprint density at radius 2 is 2.00 bits per heavy atom. The summed E-state index contributed by atoms with van der Waals surface area (Å²) in [6.07, 6.45) is 6.11. The average molecular weight is 449 g/mol. The third-order valence-corrected chi connectivity index (χ3v) is 7.09. The quantitative estimate of drug-likeness (QED) is 0.516. The van der Waals surface area contributed by atoms with Crippen LogP contribution in [-0.2, 0) is 11.3 Å². The van der Waals surface area contributed by atoms with Gasteiger partial charge in [0.2, 0.25) is 0 Å². The maximum absolute atomic E-state index is 11.8. The molecule has 2 aromatic carbocycles. The maximum Gasteiger partial charge on any atom is 0.335 e. The molecule has 2 heterocycles. The van der Waals surface area contributed by atoms with Crippen molar-refractivity contribution in [1.29, 1.82) is 0 Å². The van der Waals surface area contributed by atoms with Crippen molar-refractivity contribution in [3.63, 3.8) is 0 Å². The zero-order valence-electron chi connectivity index (χ0n) is 19.2. The van der Waals surface area contributed by atoms with Crippen LogP contribution in [0.5, 0.6) is 5.75 Å². The van der Waals surface area contributed by atoms with Crippen molar-refractivity contribution < 1.29 is 19.4 Å². The fourth-order valence-corrected chi connectivity index (χ4v) is 5.53. The van der Waals surface area contributed by atoms with E-state index >= 15 is 0 Å². The Kier molecular flexibility index (Phi) is 6.38. The Morgan fingerprint density at radius 3 is 2.79 bits per heavy atom. The SMILES string of the molecule is COCCNC1COc2ccccc2-c2c(C3CCCCC3)c3ccc(C(=O)O)cc3n2C1. The van der Waals surface area contributed by atoms with Gasteiger partial charge in [0.25, 0.3) is 0 Å². The monoisotopic (exact) mass is 448 g/mol. The number of nitrogens with zero attached hydrogens (tertiary/aromatic N) is 1. The lowest BCUT2D eigenvalue weighted by Crippen LogP contribution is -2.40. The predicted molar refractivity (Wildman–Crippen MR) is 129 cm³/mol. The van der Waals surface area contributed by atoms with Crippen molar-refractivity contribution >= 4 is 16.9 Å². The molecule has 1 saturated carbocycles. The molecule has 3 aromatic rings. The molecule has 6 nitrogen and oxygen atoms in total. The highest BCUT2D eigenvalue weighted by Gasteiger charge is 2.30. The minimum absolute atomic E-state index is 0.0792. The van der Waals surface area contributed by atoms with E-state index in [0.717, 1.165) is 23.4 Å². The summed E-state index contributed by atoms with van der Waals surface area (Å²) in [5, 5.41) is 14.4. The van der Waals surface area contributed by atoms with Crippen molar-refractivity contribution in [3.05, 3.63) is 53.6 Å². The molecule has 1 aromatic heterocycles. The van der Waals surface area contributed by atoms with Crippen molar-refractivity contribution in [2.75, 3.05) is 26.9 Å². The van der Waals surface area contributed by atoms with Crippen molar-refractivity contribution in [1.82, 2.24) is 9.88 Å². The minimum Gasteiger partial charge on any atom is -0.491 e. The van der Waals surface area contributed by atoms with E-state index in [1.165, 1.54) is 48.7 Å². The van der Waals surface area contributed by atoms with Gasteiger partial charge in [-0.15, -0.1) is 0 Å². The second-order valence-corrected chi connectivity index (χ2v) is 9.20. The second-order valence-electron chi connectivity index (χ2n) is 9.20. The number of hydrogen-bond donors (Lipinski definition) is 2. The molecule has 0 radical (unpaired) electrons. The molecule has 0 saturated heterocycles. The summed E-state index contributed by atoms with van der Waals surface area (Å²) in [4.78, 5) is 11.8. The van der Waals surface area contributed by atoms with Crippen LogP contribution in [0.2, 0.25) is 0 Å². The fourth-order valence-electron chi connectivity index (χ4n) is 5.53. The van der Waals surface area contributed by atoms with Gasteiger partial charge in [0.05, 0.1) is 23.9 Å². The van der Waals surface area contributed by atoms with Gasteiger partial charge in [0, 0.05) is 36.7 Å². The molecule has 6 heteroatoms. The molecule has 1 aliphatic carbocycles. The Labute approximate surface area is 194 Å². The molecule has 2 N–H and O–H groups in total. The third-order valence-electron chi connectivity index (χ3n) is 7.09. The number of para-hydroxylation sites is 1. The number of hydrogen-bond acceptors (Lipinski definition) is 4. The fraction of sp³-hybridized carbons (Fsp3) is 0.444. The number of aromatic carboxylic acids is 1. The molecule has 2 aliphatic rings. The largest absolute Gasteiger partial charge is 0.491 e. The standard InChI is InChI=1S/C27H32N2O4/c1-32-14-13-28-20-16-29-23-15-19(27(30)31)11-12-21(23)25(18-7-3-2-4-8-18)26(29)22-9-5-6-10-24(22)33-17-20/h5-6,9-12,15,18,20,28H,2-4,7-8,13-14,16-17H2,1H3,(H,30,31). The highest BCUT2D eigenvalue weighted by Crippen LogP contribution is 2.46. The first-order valence-corrected chi connectivity index (χ1v) is 12.0. The first-order chi connectivity index (χ1) is 16.2. The number of fused-ring (bicyclic) bond motifs is 5. The van der Waals surface area contributed by atoms with Crippen LogP contribution in [0.15, 0.2) is 42.5 Å². The van der Waals surface area contributed by atoms with E-state index in [4.69, 9.17) is 9.47 Å². The normalized spacial score (nSPS) is 18.8. The van der Waals surface area contributed by atoms with Crippen LogP contribution in [-0.4, -0.2) is 48.6 Å². The minimum atomic E-state index is -0.893. The number of aromatic nitrogens is 1. The molecule has 1 unspecified atom stereocenters. The Morgan fingerprint density at radius 1 is 1.18 bits per heavy atom. The summed E-state index contributed by atoms with van der Waals surface area (Å²) in [7, 11) is 1.70. The summed E-state index contributed by atoms with van der Waals surface area (Å²) in [5.74, 6) is 0.465. The molecule has 33 heavy (non-hydrogen) atoms. The molecule has 5 rings (SSSR count). The van der Waals surface area contributed by atoms with Crippen LogP contribution in [0.25, 0.3) is 22.2 Å². The third kappa shape index (κ3) is 4.25. The summed E-state index contributed by atoms with van der Waals surface area (Å²) in [6, 6.07) is 14.0. The van der Waals surface area contributed by atoms with Gasteiger partial charge in [-0.05, 0) is 48.6 Å². The van der Waals surface area contributed by atoms with Crippen LogP contribution in [0.1, 0.15) is 53.9 Å². The van der Waals surface area contributed by atoms with Gasteiger partial charge >= 0.3 is 5.97 Å². The first kappa shape index (κ1) is 22.0. The van der Waals surface area contributed by atoms with E-state index < -0.39 is 5.97 Å². The Balaban J connectivity index is 1.74. The summed E-state index contributed by atoms with van der Waals surface area (Å²) < 4.78 is 13.9. The first-order valence-electron chi connectivity index (χ1n) is 12.0. The van der Waals surface area contributed by atoms with Gasteiger partial charge in [0.1, 0.15) is 12.4 Å². The van der Waals surface area contributed by atoms with Gasteiger partial charge in [-0.25, -0.2) is 4.79 Å². The molecular formula is C27H32N2O4. The smallest absolute Gasteiger partial charge is 0.335 e. The van der Waals surface area contributed by atoms with Gasteiger partial charge in [-0.2, -0.15) is 0 Å². The number of benzene rings is 2. The summed E-state index contributed by atoms with van der Waals surface area (Å²) >= 11 is 0. The summed E-state index contributed by atoms with van der Waals surface area (Å²) in [6.45, 7) is 2.61. The van der Waals surface area contributed by atoms with Crippen LogP contribution >= 0.6 is 0 Å². The van der Waals surface area contributed by atoms with Gasteiger partial charge in [0.15, 0.2) is 0 Å². The topological polar surface area (TPSA) is 72.7 Å². The van der Waals surface area contributed by atoms with E-state index in [-0.39, 0.29) is 6.04 Å². The zero-order valence-corrected chi connectivity index (χ0v) is 19.2. The number of carbonyl (C=O) groups is 1. The van der Waals surface area contributed by atoms with Crippen LogP contribution in [0, 0.1) is 0 Å². The van der Waals surface area contributed by atoms with E-state index in [0.29, 0.717) is 31.2 Å². The van der Waals surface area contributed by atoms with Crippen LogP contribution in [0.3, 0.4) is 0 Å². The molecule has 1 fully saturated rings. The second kappa shape index (κ2) is 9.57. The van der Waals surface area contributed by atoms with Gasteiger partial charge in [-0.1, -0.05) is 37.5 Å². The van der Waals surface area contributed by atoms with Gasteiger partial charge in [-0.3, -0.25) is 0 Å². The molecule has 1 atom stereocenters. The lowest BCUT2D eigenvalue weighted by molar-refractivity contribution is 0.0697. The van der Waals surface area contributed by atoms with Crippen LogP contribution in [0.4, 0.5) is 0 Å².